The summed E-state index contributed by atoms with van der Waals surface area (Å²) in [5.41, 5.74) is 2.31. The van der Waals surface area contributed by atoms with Gasteiger partial charge >= 0.3 is 0 Å². The van der Waals surface area contributed by atoms with Gasteiger partial charge < -0.3 is 0 Å². The standard InChI is InChI=1S/C7H7Br2N/c1-5-2-3-7(9)10-6(5)4-8/h2-3H,4H2,1H3. The fraction of sp³-hybridized carbons (Fsp3) is 0.286. The summed E-state index contributed by atoms with van der Waals surface area (Å²) < 4.78 is 0.896. The Kier molecular flexibility index (Phi) is 2.86. The highest BCUT2D eigenvalue weighted by atomic mass is 79.9. The Morgan fingerprint density at radius 3 is 2.70 bits per heavy atom. The average Bonchev–Trinajstić information content (AvgIpc) is 1.94. The molecule has 1 nitrogen and oxygen atoms in total. The van der Waals surface area contributed by atoms with Crippen LogP contribution >= 0.6 is 31.9 Å². The Labute approximate surface area is 77.1 Å². The van der Waals surface area contributed by atoms with Crippen molar-refractivity contribution in [3.8, 4) is 0 Å². The number of hydrogen-bond donors (Lipinski definition) is 0. The molecule has 1 aromatic heterocycles. The van der Waals surface area contributed by atoms with Gasteiger partial charge in [-0.25, -0.2) is 4.98 Å². The van der Waals surface area contributed by atoms with E-state index in [1.54, 1.807) is 0 Å². The number of pyridine rings is 1. The number of rotatable bonds is 1. The van der Waals surface area contributed by atoms with Gasteiger partial charge in [0.05, 0.1) is 5.69 Å². The van der Waals surface area contributed by atoms with Gasteiger partial charge in [-0.1, -0.05) is 22.0 Å². The molecule has 10 heavy (non-hydrogen) atoms. The van der Waals surface area contributed by atoms with Crippen molar-refractivity contribution in [2.45, 2.75) is 12.3 Å². The molecule has 1 heterocycles. The maximum absolute atomic E-state index is 4.26. The van der Waals surface area contributed by atoms with Gasteiger partial charge in [-0.15, -0.1) is 0 Å². The summed E-state index contributed by atoms with van der Waals surface area (Å²) in [6, 6.07) is 4.00. The zero-order valence-electron chi connectivity index (χ0n) is 5.56. The highest BCUT2D eigenvalue weighted by Gasteiger charge is 1.97. The Hall–Kier alpha value is 0.110. The van der Waals surface area contributed by atoms with Gasteiger partial charge in [0.1, 0.15) is 4.60 Å². The average molecular weight is 265 g/mol. The van der Waals surface area contributed by atoms with Gasteiger partial charge in [-0.05, 0) is 34.5 Å². The van der Waals surface area contributed by atoms with Gasteiger partial charge in [0, 0.05) is 5.33 Å². The van der Waals surface area contributed by atoms with E-state index >= 15 is 0 Å². The Morgan fingerprint density at radius 2 is 2.20 bits per heavy atom. The molecule has 0 aliphatic rings. The minimum atomic E-state index is 0.818. The SMILES string of the molecule is Cc1ccc(Br)nc1CBr. The van der Waals surface area contributed by atoms with Crippen LogP contribution in [0.1, 0.15) is 11.3 Å². The topological polar surface area (TPSA) is 12.9 Å². The van der Waals surface area contributed by atoms with Crippen LogP contribution in [0.2, 0.25) is 0 Å². The summed E-state index contributed by atoms with van der Waals surface area (Å²) in [5.74, 6) is 0. The predicted octanol–water partition coefficient (Wildman–Crippen LogP) is 3.05. The fourth-order valence-corrected chi connectivity index (χ4v) is 1.59. The normalized spacial score (nSPS) is 9.90. The zero-order valence-corrected chi connectivity index (χ0v) is 8.74. The smallest absolute Gasteiger partial charge is 0.106 e. The fourth-order valence-electron chi connectivity index (χ4n) is 0.680. The van der Waals surface area contributed by atoms with Crippen LogP contribution in [0.4, 0.5) is 0 Å². The summed E-state index contributed by atoms with van der Waals surface area (Å²) in [7, 11) is 0. The molecule has 1 aromatic rings. The molecule has 0 amide bonds. The third kappa shape index (κ3) is 1.80. The molecule has 0 unspecified atom stereocenters. The van der Waals surface area contributed by atoms with E-state index in [1.807, 2.05) is 12.1 Å². The maximum Gasteiger partial charge on any atom is 0.106 e. The molecular weight excluding hydrogens is 258 g/mol. The summed E-state index contributed by atoms with van der Waals surface area (Å²) in [6.07, 6.45) is 0. The first-order chi connectivity index (χ1) is 4.74. The van der Waals surface area contributed by atoms with Crippen molar-refractivity contribution in [2.24, 2.45) is 0 Å². The Balaban J connectivity index is 3.09. The van der Waals surface area contributed by atoms with Crippen LogP contribution in [0.3, 0.4) is 0 Å². The maximum atomic E-state index is 4.26. The summed E-state index contributed by atoms with van der Waals surface area (Å²) in [6.45, 7) is 2.05. The van der Waals surface area contributed by atoms with Crippen molar-refractivity contribution in [1.29, 1.82) is 0 Å². The molecule has 1 rings (SSSR count). The lowest BCUT2D eigenvalue weighted by atomic mass is 10.2. The van der Waals surface area contributed by atoms with Crippen LogP contribution in [-0.4, -0.2) is 4.98 Å². The number of hydrogen-bond acceptors (Lipinski definition) is 1. The number of alkyl halides is 1. The minimum Gasteiger partial charge on any atom is -0.245 e. The first kappa shape index (κ1) is 8.21. The number of nitrogens with zero attached hydrogens (tertiary/aromatic N) is 1. The lowest BCUT2D eigenvalue weighted by Gasteiger charge is -1.99. The number of aryl methyl sites for hydroxylation is 1. The summed E-state index contributed by atoms with van der Waals surface area (Å²) in [4.78, 5) is 4.26. The van der Waals surface area contributed by atoms with Crippen molar-refractivity contribution < 1.29 is 0 Å². The first-order valence-corrected chi connectivity index (χ1v) is 4.83. The third-order valence-corrected chi connectivity index (χ3v) is 2.27. The summed E-state index contributed by atoms with van der Waals surface area (Å²) >= 11 is 6.66. The van der Waals surface area contributed by atoms with E-state index in [1.165, 1.54) is 5.56 Å². The molecule has 0 bridgehead atoms. The van der Waals surface area contributed by atoms with Crippen molar-refractivity contribution in [1.82, 2.24) is 4.98 Å². The molecule has 0 fully saturated rings. The van der Waals surface area contributed by atoms with E-state index in [9.17, 15) is 0 Å². The second kappa shape index (κ2) is 3.49. The van der Waals surface area contributed by atoms with Crippen LogP contribution in [0.15, 0.2) is 16.7 Å². The predicted molar refractivity (Wildman–Crippen MR) is 49.3 cm³/mol. The highest BCUT2D eigenvalue weighted by Crippen LogP contribution is 2.13. The molecule has 0 aliphatic carbocycles. The molecule has 0 atom stereocenters. The van der Waals surface area contributed by atoms with Crippen LogP contribution < -0.4 is 0 Å². The van der Waals surface area contributed by atoms with E-state index in [2.05, 4.69) is 43.8 Å². The highest BCUT2D eigenvalue weighted by molar-refractivity contribution is 9.10. The molecule has 0 aromatic carbocycles. The minimum absolute atomic E-state index is 0.818. The molecule has 0 saturated heterocycles. The number of halogens is 2. The lowest BCUT2D eigenvalue weighted by Crippen LogP contribution is -1.89. The Bertz CT molecular complexity index is 235. The molecule has 54 valence electrons. The first-order valence-electron chi connectivity index (χ1n) is 2.92. The molecule has 3 heteroatoms. The lowest BCUT2D eigenvalue weighted by molar-refractivity contribution is 1.11. The second-order valence-corrected chi connectivity index (χ2v) is 3.40. The molecule has 0 radical (unpaired) electrons. The van der Waals surface area contributed by atoms with Crippen LogP contribution in [0.5, 0.6) is 0 Å². The van der Waals surface area contributed by atoms with Crippen molar-refractivity contribution in [3.63, 3.8) is 0 Å². The molecule has 0 saturated carbocycles. The van der Waals surface area contributed by atoms with Crippen molar-refractivity contribution in [2.75, 3.05) is 0 Å². The van der Waals surface area contributed by atoms with E-state index < -0.39 is 0 Å². The van der Waals surface area contributed by atoms with Gasteiger partial charge in [0.15, 0.2) is 0 Å². The van der Waals surface area contributed by atoms with Gasteiger partial charge in [-0.3, -0.25) is 0 Å². The van der Waals surface area contributed by atoms with Crippen molar-refractivity contribution in [3.05, 3.63) is 28.0 Å². The van der Waals surface area contributed by atoms with E-state index in [0.717, 1.165) is 15.6 Å². The quantitative estimate of drug-likeness (QED) is 0.561. The molecule has 0 N–H and O–H groups in total. The van der Waals surface area contributed by atoms with E-state index in [4.69, 9.17) is 0 Å². The van der Waals surface area contributed by atoms with E-state index in [0.29, 0.717) is 0 Å². The van der Waals surface area contributed by atoms with Crippen LogP contribution in [-0.2, 0) is 5.33 Å². The van der Waals surface area contributed by atoms with Crippen LogP contribution in [0, 0.1) is 6.92 Å². The molecule has 0 spiro atoms. The van der Waals surface area contributed by atoms with Crippen LogP contribution in [0.25, 0.3) is 0 Å². The zero-order chi connectivity index (χ0) is 7.56. The van der Waals surface area contributed by atoms with Gasteiger partial charge in [0.25, 0.3) is 0 Å². The van der Waals surface area contributed by atoms with Crippen molar-refractivity contribution >= 4 is 31.9 Å². The summed E-state index contributed by atoms with van der Waals surface area (Å²) in [5, 5.41) is 0.818. The second-order valence-electron chi connectivity index (χ2n) is 2.03. The van der Waals surface area contributed by atoms with E-state index in [-0.39, 0.29) is 0 Å². The molecule has 0 aliphatic heterocycles. The number of aromatic nitrogens is 1. The van der Waals surface area contributed by atoms with Gasteiger partial charge in [-0.2, -0.15) is 0 Å². The molecular formula is C7H7Br2N. The largest absolute Gasteiger partial charge is 0.245 e. The monoisotopic (exact) mass is 263 g/mol. The third-order valence-electron chi connectivity index (χ3n) is 1.29. The van der Waals surface area contributed by atoms with Gasteiger partial charge in [0.2, 0.25) is 0 Å². The Morgan fingerprint density at radius 1 is 1.50 bits per heavy atom.